The number of aromatic nitrogens is 2. The lowest BCUT2D eigenvalue weighted by Crippen LogP contribution is -2.31. The van der Waals surface area contributed by atoms with E-state index >= 15 is 0 Å². The van der Waals surface area contributed by atoms with Crippen LogP contribution in [-0.2, 0) is 0 Å². The molecule has 17 heavy (non-hydrogen) atoms. The van der Waals surface area contributed by atoms with Gasteiger partial charge >= 0.3 is 0 Å². The maximum Gasteiger partial charge on any atom is 0.166 e. The molecular weight excluding hydrogens is 230 g/mol. The minimum Gasteiger partial charge on any atom is -0.333 e. The Hall–Kier alpha value is -1.00. The molecule has 0 unspecified atom stereocenters. The Kier molecular flexibility index (Phi) is 3.07. The molecule has 0 spiro atoms. The van der Waals surface area contributed by atoms with Crippen LogP contribution in [0, 0.1) is 0 Å². The van der Waals surface area contributed by atoms with Gasteiger partial charge in [0, 0.05) is 5.25 Å². The molecule has 1 N–H and O–H groups in total. The lowest BCUT2D eigenvalue weighted by molar-refractivity contribution is 0.282. The van der Waals surface area contributed by atoms with Gasteiger partial charge in [-0.3, -0.25) is 0 Å². The number of fused-ring (bicyclic) bond motifs is 1. The minimum absolute atomic E-state index is 0.715. The predicted molar refractivity (Wildman–Crippen MR) is 72.5 cm³/mol. The van der Waals surface area contributed by atoms with Gasteiger partial charge in [0.15, 0.2) is 5.16 Å². The number of H-pyrrole nitrogens is 1. The highest BCUT2D eigenvalue weighted by Gasteiger charge is 2.18. The van der Waals surface area contributed by atoms with Crippen molar-refractivity contribution in [3.63, 3.8) is 0 Å². The van der Waals surface area contributed by atoms with E-state index in [2.05, 4.69) is 34.0 Å². The van der Waals surface area contributed by atoms with Gasteiger partial charge in [-0.25, -0.2) is 4.98 Å². The van der Waals surface area contributed by atoms with Gasteiger partial charge in [-0.15, -0.1) is 0 Å². The normalized spacial score (nSPS) is 18.9. The van der Waals surface area contributed by atoms with E-state index in [1.54, 1.807) is 0 Å². The molecule has 0 radical (unpaired) electrons. The van der Waals surface area contributed by atoms with E-state index in [-0.39, 0.29) is 0 Å². The number of thioether (sulfide) groups is 1. The van der Waals surface area contributed by atoms with E-state index in [1.807, 2.05) is 23.9 Å². The third-order valence-corrected chi connectivity index (χ3v) is 4.53. The largest absolute Gasteiger partial charge is 0.333 e. The van der Waals surface area contributed by atoms with Crippen molar-refractivity contribution in [1.82, 2.24) is 14.9 Å². The van der Waals surface area contributed by atoms with Crippen LogP contribution in [0.2, 0.25) is 0 Å². The third-order valence-electron chi connectivity index (χ3n) is 3.31. The summed E-state index contributed by atoms with van der Waals surface area (Å²) in [6, 6.07) is 8.23. The molecule has 2 heterocycles. The van der Waals surface area contributed by atoms with Crippen LogP contribution in [0.3, 0.4) is 0 Å². The molecule has 0 bridgehead atoms. The molecule has 3 nitrogen and oxygen atoms in total. The molecule has 1 saturated heterocycles. The zero-order chi connectivity index (χ0) is 11.7. The van der Waals surface area contributed by atoms with Crippen molar-refractivity contribution in [3.05, 3.63) is 24.3 Å². The predicted octanol–water partition coefficient (Wildman–Crippen LogP) is 2.75. The lowest BCUT2D eigenvalue weighted by Gasteiger charge is -2.27. The summed E-state index contributed by atoms with van der Waals surface area (Å²) in [4.78, 5) is 10.4. The first-order valence-electron chi connectivity index (χ1n) is 6.11. The highest BCUT2D eigenvalue weighted by Crippen LogP contribution is 2.29. The van der Waals surface area contributed by atoms with Gasteiger partial charge in [0.2, 0.25) is 0 Å². The summed E-state index contributed by atoms with van der Waals surface area (Å²) in [6.45, 7) is 2.41. The van der Waals surface area contributed by atoms with Crippen LogP contribution in [0.1, 0.15) is 12.8 Å². The van der Waals surface area contributed by atoms with Gasteiger partial charge in [-0.1, -0.05) is 23.9 Å². The maximum atomic E-state index is 4.62. The van der Waals surface area contributed by atoms with Crippen LogP contribution < -0.4 is 0 Å². The second kappa shape index (κ2) is 4.70. The van der Waals surface area contributed by atoms with E-state index in [9.17, 15) is 0 Å². The van der Waals surface area contributed by atoms with Crippen molar-refractivity contribution < 1.29 is 0 Å². The number of nitrogens with one attached hydrogen (secondary N) is 1. The SMILES string of the molecule is CN1CCC(Sc2nc3ccccc3[nH]2)CC1. The van der Waals surface area contributed by atoms with Crippen LogP contribution >= 0.6 is 11.8 Å². The molecule has 0 aliphatic carbocycles. The van der Waals surface area contributed by atoms with Crippen molar-refractivity contribution in [1.29, 1.82) is 0 Å². The molecule has 90 valence electrons. The average Bonchev–Trinajstić information content (AvgIpc) is 2.74. The summed E-state index contributed by atoms with van der Waals surface area (Å²) in [6.07, 6.45) is 2.52. The van der Waals surface area contributed by atoms with Crippen LogP contribution in [0.15, 0.2) is 29.4 Å². The number of aromatic amines is 1. The monoisotopic (exact) mass is 247 g/mol. The van der Waals surface area contributed by atoms with Gasteiger partial charge in [0.25, 0.3) is 0 Å². The fourth-order valence-electron chi connectivity index (χ4n) is 2.25. The second-order valence-electron chi connectivity index (χ2n) is 4.68. The smallest absolute Gasteiger partial charge is 0.166 e. The molecule has 0 amide bonds. The number of likely N-dealkylation sites (tertiary alicyclic amines) is 1. The number of benzene rings is 1. The van der Waals surface area contributed by atoms with Gasteiger partial charge in [0.1, 0.15) is 0 Å². The Bertz CT molecular complexity index is 467. The Morgan fingerprint density at radius 3 is 2.82 bits per heavy atom. The fraction of sp³-hybridized carbons (Fsp3) is 0.462. The number of nitrogens with zero attached hydrogens (tertiary/aromatic N) is 2. The van der Waals surface area contributed by atoms with E-state index < -0.39 is 0 Å². The second-order valence-corrected chi connectivity index (χ2v) is 5.97. The summed E-state index contributed by atoms with van der Waals surface area (Å²) in [5, 5.41) is 1.78. The van der Waals surface area contributed by atoms with Crippen molar-refractivity contribution in [2.24, 2.45) is 0 Å². The van der Waals surface area contributed by atoms with Gasteiger partial charge < -0.3 is 9.88 Å². The van der Waals surface area contributed by atoms with Crippen LogP contribution in [-0.4, -0.2) is 40.3 Å². The molecule has 1 aliphatic heterocycles. The first-order valence-corrected chi connectivity index (χ1v) is 6.99. The van der Waals surface area contributed by atoms with Crippen molar-refractivity contribution >= 4 is 22.8 Å². The number of imidazole rings is 1. The van der Waals surface area contributed by atoms with Gasteiger partial charge in [-0.2, -0.15) is 0 Å². The Morgan fingerprint density at radius 2 is 2.06 bits per heavy atom. The first-order chi connectivity index (χ1) is 8.31. The topological polar surface area (TPSA) is 31.9 Å². The maximum absolute atomic E-state index is 4.62. The standard InChI is InChI=1S/C13H17N3S/c1-16-8-6-10(7-9-16)17-13-14-11-4-2-3-5-12(11)15-13/h2-5,10H,6-9H2,1H3,(H,14,15). The number of hydrogen-bond donors (Lipinski definition) is 1. The molecule has 4 heteroatoms. The number of rotatable bonds is 2. The summed E-state index contributed by atoms with van der Waals surface area (Å²) < 4.78 is 0. The quantitative estimate of drug-likeness (QED) is 0.885. The van der Waals surface area contributed by atoms with E-state index in [0.717, 1.165) is 16.2 Å². The lowest BCUT2D eigenvalue weighted by atomic mass is 10.1. The molecule has 1 aromatic carbocycles. The highest BCUT2D eigenvalue weighted by atomic mass is 32.2. The molecule has 0 atom stereocenters. The summed E-state index contributed by atoms with van der Waals surface area (Å²) in [7, 11) is 2.20. The summed E-state index contributed by atoms with van der Waals surface area (Å²) in [5.74, 6) is 0. The Balaban J connectivity index is 1.72. The van der Waals surface area contributed by atoms with Crippen molar-refractivity contribution in [2.45, 2.75) is 23.2 Å². The molecule has 0 saturated carbocycles. The van der Waals surface area contributed by atoms with E-state index in [4.69, 9.17) is 0 Å². The Morgan fingerprint density at radius 1 is 1.29 bits per heavy atom. The fourth-order valence-corrected chi connectivity index (χ4v) is 3.33. The van der Waals surface area contributed by atoms with Crippen molar-refractivity contribution in [3.8, 4) is 0 Å². The van der Waals surface area contributed by atoms with Crippen molar-refractivity contribution in [2.75, 3.05) is 20.1 Å². The Labute approximate surface area is 106 Å². The third kappa shape index (κ3) is 2.48. The molecule has 3 rings (SSSR count). The number of hydrogen-bond acceptors (Lipinski definition) is 3. The van der Waals surface area contributed by atoms with Crippen LogP contribution in [0.5, 0.6) is 0 Å². The van der Waals surface area contributed by atoms with Gasteiger partial charge in [-0.05, 0) is 45.1 Å². The minimum atomic E-state index is 0.715. The van der Waals surface area contributed by atoms with Gasteiger partial charge in [0.05, 0.1) is 11.0 Å². The van der Waals surface area contributed by atoms with E-state index in [1.165, 1.54) is 25.9 Å². The summed E-state index contributed by atoms with van der Waals surface area (Å²) >= 11 is 1.90. The molecule has 1 fully saturated rings. The van der Waals surface area contributed by atoms with Crippen LogP contribution in [0.25, 0.3) is 11.0 Å². The first kappa shape index (κ1) is 11.1. The molecular formula is C13H17N3S. The average molecular weight is 247 g/mol. The van der Waals surface area contributed by atoms with Crippen LogP contribution in [0.4, 0.5) is 0 Å². The highest BCUT2D eigenvalue weighted by molar-refractivity contribution is 7.99. The molecule has 2 aromatic rings. The molecule has 1 aliphatic rings. The summed E-state index contributed by atoms with van der Waals surface area (Å²) in [5.41, 5.74) is 2.21. The molecule has 1 aromatic heterocycles. The zero-order valence-electron chi connectivity index (χ0n) is 10.0. The number of para-hydroxylation sites is 2. The van der Waals surface area contributed by atoms with E-state index in [0.29, 0.717) is 5.25 Å². The number of piperidine rings is 1. The zero-order valence-corrected chi connectivity index (χ0v) is 10.8.